The van der Waals surface area contributed by atoms with Gasteiger partial charge in [0.05, 0.1) is 28.8 Å². The lowest BCUT2D eigenvalue weighted by Gasteiger charge is -2.19. The van der Waals surface area contributed by atoms with Crippen LogP contribution in [0, 0.1) is 13.8 Å². The van der Waals surface area contributed by atoms with E-state index < -0.39 is 9.84 Å². The van der Waals surface area contributed by atoms with Gasteiger partial charge in [-0.25, -0.2) is 13.4 Å². The predicted octanol–water partition coefficient (Wildman–Crippen LogP) is 3.04. The summed E-state index contributed by atoms with van der Waals surface area (Å²) in [7, 11) is -0.911. The number of hydrogen-bond donors (Lipinski definition) is 0. The monoisotopic (exact) mass is 384 g/mol. The number of nitrogens with zero attached hydrogens (tertiary/aromatic N) is 4. The summed E-state index contributed by atoms with van der Waals surface area (Å²) in [4.78, 5) is 6.86. The summed E-state index contributed by atoms with van der Waals surface area (Å²) in [5, 5.41) is 5.78. The number of benzene rings is 1. The third-order valence-corrected chi connectivity index (χ3v) is 7.15. The second-order valence-corrected chi connectivity index (χ2v) is 9.60. The Hall–Kier alpha value is -2.41. The Morgan fingerprint density at radius 1 is 1.19 bits per heavy atom. The largest absolute Gasteiger partial charge is 0.355 e. The quantitative estimate of drug-likeness (QED) is 0.692. The lowest BCUT2D eigenvalue weighted by molar-refractivity contribution is 0.485. The fourth-order valence-corrected chi connectivity index (χ4v) is 5.53. The molecule has 6 nitrogen and oxygen atoms in total. The molecular formula is C20H24N4O2S. The van der Waals surface area contributed by atoms with Crippen LogP contribution in [0.4, 0.5) is 5.82 Å². The predicted molar refractivity (Wildman–Crippen MR) is 108 cm³/mol. The number of aromatic nitrogens is 3. The number of anilines is 1. The summed E-state index contributed by atoms with van der Waals surface area (Å²) in [6, 6.07) is 12.1. The third kappa shape index (κ3) is 3.43. The molecule has 1 aliphatic rings. The van der Waals surface area contributed by atoms with Crippen molar-refractivity contribution in [2.75, 3.05) is 23.5 Å². The summed E-state index contributed by atoms with van der Waals surface area (Å²) in [5.41, 5.74) is 4.10. The molecule has 2 aromatic heterocycles. The van der Waals surface area contributed by atoms with E-state index in [9.17, 15) is 8.42 Å². The summed E-state index contributed by atoms with van der Waals surface area (Å²) in [5.74, 6) is 1.35. The van der Waals surface area contributed by atoms with Gasteiger partial charge >= 0.3 is 0 Å². The Balaban J connectivity index is 1.60. The van der Waals surface area contributed by atoms with Crippen LogP contribution in [-0.2, 0) is 16.4 Å². The summed E-state index contributed by atoms with van der Waals surface area (Å²) in [6.45, 7) is 4.70. The molecule has 1 aliphatic heterocycles. The Bertz CT molecular complexity index is 1100. The van der Waals surface area contributed by atoms with Crippen LogP contribution in [0.2, 0.25) is 0 Å². The highest BCUT2D eigenvalue weighted by Gasteiger charge is 2.31. The highest BCUT2D eigenvalue weighted by molar-refractivity contribution is 7.91. The van der Waals surface area contributed by atoms with Gasteiger partial charge in [-0.3, -0.25) is 4.68 Å². The molecule has 0 N–H and O–H groups in total. The van der Waals surface area contributed by atoms with Crippen LogP contribution < -0.4 is 4.90 Å². The van der Waals surface area contributed by atoms with Crippen molar-refractivity contribution < 1.29 is 8.42 Å². The first-order valence-corrected chi connectivity index (χ1v) is 11.0. The van der Waals surface area contributed by atoms with Gasteiger partial charge in [0, 0.05) is 30.2 Å². The van der Waals surface area contributed by atoms with Gasteiger partial charge in [0.25, 0.3) is 0 Å². The van der Waals surface area contributed by atoms with Crippen molar-refractivity contribution in [3.63, 3.8) is 0 Å². The first-order chi connectivity index (χ1) is 12.8. The van der Waals surface area contributed by atoms with Crippen molar-refractivity contribution in [1.82, 2.24) is 14.8 Å². The van der Waals surface area contributed by atoms with Crippen molar-refractivity contribution in [3.8, 4) is 0 Å². The topological polar surface area (TPSA) is 68.1 Å². The molecule has 3 aromatic rings. The average Bonchev–Trinajstić information content (AvgIpc) is 3.14. The van der Waals surface area contributed by atoms with Gasteiger partial charge in [-0.05, 0) is 38.5 Å². The number of fused-ring (bicyclic) bond motifs is 1. The van der Waals surface area contributed by atoms with Gasteiger partial charge in [-0.15, -0.1) is 0 Å². The molecule has 7 heteroatoms. The van der Waals surface area contributed by atoms with Crippen LogP contribution >= 0.6 is 0 Å². The lowest BCUT2D eigenvalue weighted by atomic mass is 10.1. The number of hydrogen-bond acceptors (Lipinski definition) is 5. The van der Waals surface area contributed by atoms with Crippen molar-refractivity contribution in [2.24, 2.45) is 0 Å². The van der Waals surface area contributed by atoms with E-state index in [1.807, 2.05) is 49.8 Å². The van der Waals surface area contributed by atoms with Crippen molar-refractivity contribution in [1.29, 1.82) is 0 Å². The van der Waals surface area contributed by atoms with E-state index in [0.717, 1.165) is 33.7 Å². The smallest absolute Gasteiger partial charge is 0.152 e. The highest BCUT2D eigenvalue weighted by atomic mass is 32.2. The molecule has 27 heavy (non-hydrogen) atoms. The van der Waals surface area contributed by atoms with E-state index in [2.05, 4.69) is 22.1 Å². The maximum atomic E-state index is 11.8. The molecular weight excluding hydrogens is 360 g/mol. The van der Waals surface area contributed by atoms with E-state index in [1.54, 1.807) is 0 Å². The zero-order chi connectivity index (χ0) is 19.2. The number of para-hydroxylation sites is 1. The molecule has 142 valence electrons. The molecule has 0 radical (unpaired) electrons. The minimum Gasteiger partial charge on any atom is -0.355 e. The number of aryl methyl sites for hydroxylation is 1. The van der Waals surface area contributed by atoms with Crippen LogP contribution in [0.15, 0.2) is 36.4 Å². The Labute approximate surface area is 159 Å². The average molecular weight is 385 g/mol. The molecule has 0 unspecified atom stereocenters. The maximum absolute atomic E-state index is 11.8. The summed E-state index contributed by atoms with van der Waals surface area (Å²) < 4.78 is 25.6. The molecule has 0 bridgehead atoms. The van der Waals surface area contributed by atoms with E-state index in [4.69, 9.17) is 4.98 Å². The van der Waals surface area contributed by atoms with Gasteiger partial charge in [0.2, 0.25) is 0 Å². The molecule has 1 saturated heterocycles. The fraction of sp³-hybridized carbons (Fsp3) is 0.400. The van der Waals surface area contributed by atoms with Crippen LogP contribution in [0.3, 0.4) is 0 Å². The molecule has 0 spiro atoms. The molecule has 0 amide bonds. The SMILES string of the molecule is Cc1nn([C@H]2CCS(=O)(=O)C2)c(C)c1CN(C)c1ccc2ccccc2n1. The van der Waals surface area contributed by atoms with Gasteiger partial charge in [0.15, 0.2) is 9.84 Å². The van der Waals surface area contributed by atoms with Gasteiger partial charge in [0.1, 0.15) is 5.82 Å². The highest BCUT2D eigenvalue weighted by Crippen LogP contribution is 2.28. The minimum atomic E-state index is -2.93. The summed E-state index contributed by atoms with van der Waals surface area (Å²) >= 11 is 0. The van der Waals surface area contributed by atoms with Gasteiger partial charge < -0.3 is 4.90 Å². The molecule has 1 atom stereocenters. The van der Waals surface area contributed by atoms with Crippen molar-refractivity contribution in [2.45, 2.75) is 32.9 Å². The van der Waals surface area contributed by atoms with E-state index in [-0.39, 0.29) is 17.5 Å². The summed E-state index contributed by atoms with van der Waals surface area (Å²) in [6.07, 6.45) is 0.645. The molecule has 3 heterocycles. The fourth-order valence-electron chi connectivity index (χ4n) is 3.84. The first-order valence-electron chi connectivity index (χ1n) is 9.16. The molecule has 1 aromatic carbocycles. The number of sulfone groups is 1. The minimum absolute atomic E-state index is 0.0495. The molecule has 0 aliphatic carbocycles. The normalized spacial score (nSPS) is 18.9. The van der Waals surface area contributed by atoms with E-state index in [1.165, 1.54) is 0 Å². The third-order valence-electron chi connectivity index (χ3n) is 5.40. The Kier molecular flexibility index (Phi) is 4.42. The van der Waals surface area contributed by atoms with Crippen molar-refractivity contribution >= 4 is 26.6 Å². The van der Waals surface area contributed by atoms with E-state index >= 15 is 0 Å². The van der Waals surface area contributed by atoms with Crippen LogP contribution in [0.25, 0.3) is 10.9 Å². The zero-order valence-corrected chi connectivity index (χ0v) is 16.7. The Morgan fingerprint density at radius 2 is 1.96 bits per heavy atom. The van der Waals surface area contributed by atoms with E-state index in [0.29, 0.717) is 13.0 Å². The first kappa shape index (κ1) is 18.0. The number of rotatable bonds is 4. The lowest BCUT2D eigenvalue weighted by Crippen LogP contribution is -2.19. The zero-order valence-electron chi connectivity index (χ0n) is 15.9. The van der Waals surface area contributed by atoms with Crippen LogP contribution in [0.1, 0.15) is 29.4 Å². The van der Waals surface area contributed by atoms with Gasteiger partial charge in [-0.2, -0.15) is 5.10 Å². The number of pyridine rings is 1. The maximum Gasteiger partial charge on any atom is 0.152 e. The standard InChI is InChI=1S/C20H24N4O2S/c1-14-18(15(2)24(22-14)17-10-11-27(25,26)13-17)12-23(3)20-9-8-16-6-4-5-7-19(16)21-20/h4-9,17H,10-13H2,1-3H3/t17-/m0/s1. The molecule has 4 rings (SSSR count). The second kappa shape index (κ2) is 6.64. The van der Waals surface area contributed by atoms with Gasteiger partial charge in [-0.1, -0.05) is 18.2 Å². The Morgan fingerprint density at radius 3 is 2.70 bits per heavy atom. The van der Waals surface area contributed by atoms with Crippen LogP contribution in [-0.4, -0.2) is 41.7 Å². The van der Waals surface area contributed by atoms with Crippen molar-refractivity contribution in [3.05, 3.63) is 53.3 Å². The molecule has 0 saturated carbocycles. The second-order valence-electron chi connectivity index (χ2n) is 7.37. The molecule has 1 fully saturated rings. The van der Waals surface area contributed by atoms with Crippen LogP contribution in [0.5, 0.6) is 0 Å².